The molecule has 0 aromatic carbocycles. The molecule has 0 heterocycles. The Hall–Kier alpha value is 0.340. The van der Waals surface area contributed by atoms with Crippen LogP contribution in [0.15, 0.2) is 4.30 Å². The minimum absolute atomic E-state index is 0.465. The summed E-state index contributed by atoms with van der Waals surface area (Å²) in [5.41, 5.74) is 0. The summed E-state index contributed by atoms with van der Waals surface area (Å²) in [6, 6.07) is 0. The third-order valence-electron chi connectivity index (χ3n) is 0.436. The molecule has 0 aliphatic rings. The first-order valence-corrected chi connectivity index (χ1v) is 3.25. The SMILES string of the molecule is CSN=BB=B[B]F. The van der Waals surface area contributed by atoms with Gasteiger partial charge in [-0.05, 0) is 0 Å². The summed E-state index contributed by atoms with van der Waals surface area (Å²) in [5.74, 6) is 0. The monoisotopic (exact) mass is 124 g/mol. The molecule has 0 N–H and O–H groups in total. The number of hydrogen-bond acceptors (Lipinski definition) is 2. The third kappa shape index (κ3) is 6.34. The topological polar surface area (TPSA) is 12.4 Å². The van der Waals surface area contributed by atoms with E-state index in [1.807, 2.05) is 6.26 Å². The zero-order valence-corrected chi connectivity index (χ0v) is 5.36. The molecule has 1 nitrogen and oxygen atoms in total. The van der Waals surface area contributed by atoms with Gasteiger partial charge in [0, 0.05) is 0 Å². The summed E-state index contributed by atoms with van der Waals surface area (Å²) in [4.78, 5) is 0. The van der Waals surface area contributed by atoms with E-state index in [1.165, 1.54) is 32.3 Å². The van der Waals surface area contributed by atoms with Gasteiger partial charge in [0.1, 0.15) is 0 Å². The van der Waals surface area contributed by atoms with Crippen molar-refractivity contribution in [1.82, 2.24) is 0 Å². The van der Waals surface area contributed by atoms with Crippen LogP contribution in [0.25, 0.3) is 0 Å². The fourth-order valence-corrected chi connectivity index (χ4v) is 0.380. The average molecular weight is 123 g/mol. The van der Waals surface area contributed by atoms with Crippen LogP contribution in [0.4, 0.5) is 4.32 Å². The maximum atomic E-state index is 11.1. The Kier molecular flexibility index (Phi) is 7.65. The quantitative estimate of drug-likeness (QED) is 0.377. The number of rotatable bonds is 3. The summed E-state index contributed by atoms with van der Waals surface area (Å²) >= 11 is 1.33. The molecule has 0 amide bonds. The van der Waals surface area contributed by atoms with Gasteiger partial charge in [-0.3, -0.25) is 0 Å². The van der Waals surface area contributed by atoms with Crippen LogP contribution in [0.5, 0.6) is 0 Å². The van der Waals surface area contributed by atoms with E-state index in [2.05, 4.69) is 4.30 Å². The summed E-state index contributed by atoms with van der Waals surface area (Å²) in [6.07, 6.45) is 1.84. The Balaban J connectivity index is 3.13. The van der Waals surface area contributed by atoms with Gasteiger partial charge in [-0.2, -0.15) is 0 Å². The first kappa shape index (κ1) is 8.34. The van der Waals surface area contributed by atoms with Crippen molar-refractivity contribution in [2.24, 2.45) is 4.30 Å². The zero-order chi connectivity index (χ0) is 6.24. The van der Waals surface area contributed by atoms with E-state index >= 15 is 0 Å². The second kappa shape index (κ2) is 7.34. The zero-order valence-electron chi connectivity index (χ0n) is 4.54. The summed E-state index contributed by atoms with van der Waals surface area (Å²) in [7, 11) is 0.465. The Morgan fingerprint density at radius 1 is 1.50 bits per heavy atom. The first-order valence-electron chi connectivity index (χ1n) is 2.07. The van der Waals surface area contributed by atoms with Gasteiger partial charge in [0.15, 0.2) is 0 Å². The molecule has 0 bridgehead atoms. The predicted molar refractivity (Wildman–Crippen MR) is 40.1 cm³/mol. The molecule has 7 heteroatoms. The molecule has 0 aliphatic carbocycles. The van der Waals surface area contributed by atoms with Crippen LogP contribution in [0.2, 0.25) is 0 Å². The molecule has 0 spiro atoms. The van der Waals surface area contributed by atoms with E-state index in [0.717, 1.165) is 0 Å². The minimum atomic E-state index is 0.465. The van der Waals surface area contributed by atoms with E-state index in [4.69, 9.17) is 0 Å². The van der Waals surface area contributed by atoms with Crippen molar-refractivity contribution in [2.45, 2.75) is 0 Å². The number of hydrogen-bond donors (Lipinski definition) is 0. The normalized spacial score (nSPS) is 8.25. The van der Waals surface area contributed by atoms with Gasteiger partial charge in [0.25, 0.3) is 0 Å². The van der Waals surface area contributed by atoms with Gasteiger partial charge >= 0.3 is 54.6 Å². The Labute approximate surface area is 55.3 Å². The van der Waals surface area contributed by atoms with E-state index in [0.29, 0.717) is 7.45 Å². The van der Waals surface area contributed by atoms with Crippen molar-refractivity contribution in [3.8, 4) is 0 Å². The van der Waals surface area contributed by atoms with Crippen molar-refractivity contribution >= 4 is 39.7 Å². The van der Waals surface area contributed by atoms with Crippen molar-refractivity contribution in [3.05, 3.63) is 0 Å². The number of nitrogens with zero attached hydrogens (tertiary/aromatic N) is 1. The van der Waals surface area contributed by atoms with Crippen LogP contribution >= 0.6 is 11.9 Å². The molecule has 0 saturated heterocycles. The van der Waals surface area contributed by atoms with Crippen LogP contribution in [0.1, 0.15) is 0 Å². The molecular formula is CH3B4FNS. The fourth-order valence-electron chi connectivity index (χ4n) is 0.188. The van der Waals surface area contributed by atoms with Gasteiger partial charge in [0.2, 0.25) is 0 Å². The van der Waals surface area contributed by atoms with Crippen molar-refractivity contribution in [3.63, 3.8) is 0 Å². The van der Waals surface area contributed by atoms with Crippen molar-refractivity contribution in [2.75, 3.05) is 6.26 Å². The van der Waals surface area contributed by atoms with Crippen molar-refractivity contribution in [1.29, 1.82) is 0 Å². The Morgan fingerprint density at radius 3 is 2.75 bits per heavy atom. The standard InChI is InChI=1S/CH3B4FNS/c1-8-7-5-3-2-4-6/h1H3. The molecule has 8 heavy (non-hydrogen) atoms. The molecule has 0 rings (SSSR count). The molecule has 1 radical (unpaired) electrons. The predicted octanol–water partition coefficient (Wildman–Crippen LogP) is -0.106. The molecule has 0 unspecified atom stereocenters. The van der Waals surface area contributed by atoms with Crippen molar-refractivity contribution < 1.29 is 4.32 Å². The first-order chi connectivity index (χ1) is 3.91. The molecule has 37 valence electrons. The Bertz CT molecular complexity index is 82.0. The van der Waals surface area contributed by atoms with Gasteiger partial charge in [-0.15, -0.1) is 0 Å². The van der Waals surface area contributed by atoms with E-state index in [1.54, 1.807) is 0 Å². The van der Waals surface area contributed by atoms with Gasteiger partial charge in [0.05, 0.1) is 0 Å². The van der Waals surface area contributed by atoms with E-state index in [9.17, 15) is 4.32 Å². The molecule has 0 saturated carbocycles. The van der Waals surface area contributed by atoms with E-state index < -0.39 is 0 Å². The van der Waals surface area contributed by atoms with Gasteiger partial charge in [-0.1, -0.05) is 0 Å². The summed E-state index contributed by atoms with van der Waals surface area (Å²) in [6.45, 7) is 4.33. The average Bonchev–Trinajstić information content (AvgIpc) is 1.81. The van der Waals surface area contributed by atoms with Crippen LogP contribution in [-0.4, -0.2) is 34.1 Å². The van der Waals surface area contributed by atoms with Crippen LogP contribution in [0.3, 0.4) is 0 Å². The second-order valence-electron chi connectivity index (χ2n) is 0.948. The van der Waals surface area contributed by atoms with Gasteiger partial charge < -0.3 is 0 Å². The van der Waals surface area contributed by atoms with E-state index in [-0.39, 0.29) is 0 Å². The molecule has 0 aromatic rings. The third-order valence-corrected chi connectivity index (χ3v) is 0.769. The maximum absolute atomic E-state index is 11.1. The molecule has 0 atom stereocenters. The number of halogens is 1. The fraction of sp³-hybridized carbons (Fsp3) is 1.00. The molecule has 0 aromatic heterocycles. The molecule has 0 fully saturated rings. The summed E-state index contributed by atoms with van der Waals surface area (Å²) < 4.78 is 14.9. The summed E-state index contributed by atoms with van der Waals surface area (Å²) in [5, 5.41) is 0. The van der Waals surface area contributed by atoms with Gasteiger partial charge in [-0.25, -0.2) is 0 Å². The van der Waals surface area contributed by atoms with Crippen LogP contribution < -0.4 is 0 Å². The molecular weight excluding hydrogens is 120 g/mol. The molecule has 0 aliphatic heterocycles. The van der Waals surface area contributed by atoms with Crippen LogP contribution in [0, 0.1) is 0 Å². The van der Waals surface area contributed by atoms with Crippen LogP contribution in [-0.2, 0) is 0 Å². The second-order valence-corrected chi connectivity index (χ2v) is 1.52. The Morgan fingerprint density at radius 2 is 2.25 bits per heavy atom.